The Balaban J connectivity index is 2.89. The van der Waals surface area contributed by atoms with Gasteiger partial charge in [0.15, 0.2) is 0 Å². The molecule has 0 radical (unpaired) electrons. The molecule has 0 fully saturated rings. The van der Waals surface area contributed by atoms with Crippen molar-refractivity contribution < 1.29 is 4.11 Å². The molecule has 1 aromatic heterocycles. The molecule has 0 aliphatic carbocycles. The molecule has 8 heavy (non-hydrogen) atoms. The van der Waals surface area contributed by atoms with Gasteiger partial charge in [0.2, 0.25) is 0 Å². The van der Waals surface area contributed by atoms with E-state index in [-0.39, 0.29) is 0 Å². The number of aryl methyl sites for hydroxylation is 1. The van der Waals surface area contributed by atoms with Crippen molar-refractivity contribution in [3.8, 4) is 0 Å². The van der Waals surface area contributed by atoms with E-state index in [1.165, 1.54) is 12.4 Å². The molecule has 0 spiro atoms. The zero-order valence-corrected chi connectivity index (χ0v) is 4.13. The lowest BCUT2D eigenvalue weighted by atomic mass is 10.6. The van der Waals surface area contributed by atoms with Crippen molar-refractivity contribution in [2.45, 2.75) is 0 Å². The third kappa shape index (κ3) is 0.788. The summed E-state index contributed by atoms with van der Waals surface area (Å²) in [5.74, 6) is 5.02. The van der Waals surface area contributed by atoms with Crippen LogP contribution < -0.4 is 11.3 Å². The zero-order chi connectivity index (χ0) is 8.48. The summed E-state index contributed by atoms with van der Waals surface area (Å²) in [6.07, 6.45) is 2.65. The van der Waals surface area contributed by atoms with Crippen molar-refractivity contribution in [1.29, 1.82) is 0 Å². The van der Waals surface area contributed by atoms with Gasteiger partial charge in [0.25, 0.3) is 0 Å². The van der Waals surface area contributed by atoms with Gasteiger partial charge in [-0.2, -0.15) is 5.10 Å². The van der Waals surface area contributed by atoms with Crippen LogP contribution >= 0.6 is 0 Å². The van der Waals surface area contributed by atoms with E-state index in [1.54, 1.807) is 0 Å². The van der Waals surface area contributed by atoms with Gasteiger partial charge in [-0.1, -0.05) is 0 Å². The normalized spacial score (nSPS) is 16.4. The molecule has 0 aromatic carbocycles. The van der Waals surface area contributed by atoms with Gasteiger partial charge in [-0.15, -0.1) is 0 Å². The van der Waals surface area contributed by atoms with Crippen LogP contribution in [0.1, 0.15) is 4.11 Å². The lowest BCUT2D eigenvalue weighted by Crippen LogP contribution is -2.05. The standard InChI is InChI=1S/C4H8N4/c1-8-3-4(7-5)2-6-8/h2-3,7H,5H2,1H3/i1D3. The summed E-state index contributed by atoms with van der Waals surface area (Å²) in [4.78, 5) is 0. The number of nitrogens with two attached hydrogens (primary N) is 1. The number of rotatable bonds is 1. The highest BCUT2D eigenvalue weighted by Crippen LogP contribution is 1.98. The number of nitrogens with zero attached hydrogens (tertiary/aromatic N) is 2. The Morgan fingerprint density at radius 2 is 3.00 bits per heavy atom. The molecular weight excluding hydrogens is 104 g/mol. The highest BCUT2D eigenvalue weighted by molar-refractivity contribution is 5.35. The molecule has 0 saturated carbocycles. The Labute approximate surface area is 51.5 Å². The number of hydrazine groups is 1. The van der Waals surface area contributed by atoms with E-state index in [2.05, 4.69) is 10.5 Å². The van der Waals surface area contributed by atoms with E-state index >= 15 is 0 Å². The van der Waals surface area contributed by atoms with Crippen LogP contribution in [0.2, 0.25) is 0 Å². The Morgan fingerprint density at radius 3 is 3.38 bits per heavy atom. The Morgan fingerprint density at radius 1 is 2.12 bits per heavy atom. The van der Waals surface area contributed by atoms with Crippen molar-refractivity contribution in [3.05, 3.63) is 12.4 Å². The molecule has 44 valence electrons. The fourth-order valence-electron chi connectivity index (χ4n) is 0.397. The topological polar surface area (TPSA) is 55.9 Å². The molecular formula is C4H8N4. The van der Waals surface area contributed by atoms with Gasteiger partial charge in [0, 0.05) is 17.3 Å². The minimum absolute atomic E-state index is 0.473. The van der Waals surface area contributed by atoms with Crippen LogP contribution in [0.15, 0.2) is 12.4 Å². The first-order valence-electron chi connectivity index (χ1n) is 3.56. The third-order valence-electron chi connectivity index (χ3n) is 0.749. The summed E-state index contributed by atoms with van der Waals surface area (Å²) in [6.45, 7) is -2.23. The third-order valence-corrected chi connectivity index (χ3v) is 0.749. The lowest BCUT2D eigenvalue weighted by Gasteiger charge is -1.86. The maximum Gasteiger partial charge on any atom is 0.0868 e. The number of hydrogen-bond donors (Lipinski definition) is 2. The fraction of sp³-hybridized carbons (Fsp3) is 0.250. The first-order valence-corrected chi connectivity index (χ1v) is 2.06. The molecule has 4 heteroatoms. The van der Waals surface area contributed by atoms with Crippen LogP contribution in [0.3, 0.4) is 0 Å². The van der Waals surface area contributed by atoms with Gasteiger partial charge in [-0.25, -0.2) is 0 Å². The van der Waals surface area contributed by atoms with Crippen molar-refractivity contribution in [3.63, 3.8) is 0 Å². The monoisotopic (exact) mass is 115 g/mol. The number of anilines is 1. The van der Waals surface area contributed by atoms with Gasteiger partial charge in [-0.05, 0) is 0 Å². The largest absolute Gasteiger partial charge is 0.321 e. The number of aromatic nitrogens is 2. The molecule has 0 amide bonds. The molecule has 0 aliphatic rings. The van der Waals surface area contributed by atoms with E-state index in [0.717, 1.165) is 4.68 Å². The van der Waals surface area contributed by atoms with Gasteiger partial charge in [0.05, 0.1) is 11.9 Å². The van der Waals surface area contributed by atoms with Crippen LogP contribution in [0.4, 0.5) is 5.69 Å². The van der Waals surface area contributed by atoms with Gasteiger partial charge in [0.1, 0.15) is 0 Å². The van der Waals surface area contributed by atoms with E-state index < -0.39 is 6.98 Å². The predicted molar refractivity (Wildman–Crippen MR) is 31.0 cm³/mol. The summed E-state index contributed by atoms with van der Waals surface area (Å²) in [7, 11) is 0. The van der Waals surface area contributed by atoms with E-state index in [9.17, 15) is 0 Å². The Hall–Kier alpha value is -1.03. The molecule has 1 heterocycles. The maximum absolute atomic E-state index is 6.93. The average molecular weight is 115 g/mol. The highest BCUT2D eigenvalue weighted by atomic mass is 15.3. The predicted octanol–water partition coefficient (Wildman–Crippen LogP) is -0.294. The SMILES string of the molecule is [2H]C([2H])([2H])n1cc(NN)cn1. The summed E-state index contributed by atoms with van der Waals surface area (Å²) in [5.41, 5.74) is 2.76. The lowest BCUT2D eigenvalue weighted by molar-refractivity contribution is 0.768. The van der Waals surface area contributed by atoms with Crippen LogP contribution in [-0.2, 0) is 6.98 Å². The second-order valence-electron chi connectivity index (χ2n) is 1.32. The van der Waals surface area contributed by atoms with Crippen molar-refractivity contribution >= 4 is 5.69 Å². The van der Waals surface area contributed by atoms with Crippen molar-refractivity contribution in [2.75, 3.05) is 5.43 Å². The highest BCUT2D eigenvalue weighted by Gasteiger charge is 1.87. The maximum atomic E-state index is 6.93. The molecule has 0 saturated heterocycles. The van der Waals surface area contributed by atoms with E-state index in [1.807, 2.05) is 0 Å². The van der Waals surface area contributed by atoms with Gasteiger partial charge >= 0.3 is 0 Å². The molecule has 3 N–H and O–H groups in total. The molecule has 4 nitrogen and oxygen atoms in total. The first kappa shape index (κ1) is 2.50. The van der Waals surface area contributed by atoms with Crippen LogP contribution in [-0.4, -0.2) is 9.78 Å². The molecule has 1 rings (SSSR count). The summed E-state index contributed by atoms with van der Waals surface area (Å²) in [6, 6.07) is 0. The summed E-state index contributed by atoms with van der Waals surface area (Å²) in [5, 5.41) is 3.57. The fourth-order valence-corrected chi connectivity index (χ4v) is 0.397. The minimum atomic E-state index is -2.23. The molecule has 0 unspecified atom stereocenters. The molecule has 1 aromatic rings. The van der Waals surface area contributed by atoms with Crippen molar-refractivity contribution in [2.24, 2.45) is 12.8 Å². The Kier molecular flexibility index (Phi) is 0.573. The molecule has 0 atom stereocenters. The Bertz CT molecular complexity index is 240. The summed E-state index contributed by atoms with van der Waals surface area (Å²) < 4.78 is 21.6. The smallest absolute Gasteiger partial charge is 0.0868 e. The quantitative estimate of drug-likeness (QED) is 0.390. The zero-order valence-electron chi connectivity index (χ0n) is 7.13. The van der Waals surface area contributed by atoms with Gasteiger partial charge in [-0.3, -0.25) is 10.5 Å². The number of hydrogen-bond acceptors (Lipinski definition) is 3. The van der Waals surface area contributed by atoms with Crippen LogP contribution in [0, 0.1) is 0 Å². The molecule has 0 aliphatic heterocycles. The van der Waals surface area contributed by atoms with Gasteiger partial charge < -0.3 is 5.43 Å². The van der Waals surface area contributed by atoms with Crippen LogP contribution in [0.25, 0.3) is 0 Å². The number of nitrogens with one attached hydrogen (secondary N) is 1. The van der Waals surface area contributed by atoms with Crippen LogP contribution in [0.5, 0.6) is 0 Å². The first-order chi connectivity index (χ1) is 5.04. The number of nitrogen functional groups attached to an aromatic ring is 1. The second-order valence-corrected chi connectivity index (χ2v) is 1.32. The van der Waals surface area contributed by atoms with Crippen molar-refractivity contribution in [1.82, 2.24) is 9.78 Å². The van der Waals surface area contributed by atoms with E-state index in [0.29, 0.717) is 5.69 Å². The minimum Gasteiger partial charge on any atom is -0.321 e. The molecule has 0 bridgehead atoms. The summed E-state index contributed by atoms with van der Waals surface area (Å²) >= 11 is 0. The second kappa shape index (κ2) is 1.83. The average Bonchev–Trinajstić information content (AvgIpc) is 2.32. The van der Waals surface area contributed by atoms with E-state index in [4.69, 9.17) is 9.95 Å².